The predicted octanol–water partition coefficient (Wildman–Crippen LogP) is 4.64. The molecule has 1 N–H and O–H groups in total. The Kier molecular flexibility index (Phi) is 4.14. The second-order valence-electron chi connectivity index (χ2n) is 5.07. The molecule has 2 aromatic carbocycles. The first-order valence-corrected chi connectivity index (χ1v) is 7.93. The molecule has 0 spiro atoms. The maximum absolute atomic E-state index is 3.27. The van der Waals surface area contributed by atoms with E-state index < -0.39 is 0 Å². The summed E-state index contributed by atoms with van der Waals surface area (Å²) in [5.74, 6) is 0.466. The molecule has 3 aromatic rings. The van der Waals surface area contributed by atoms with Crippen LogP contribution < -0.4 is 5.32 Å². The zero-order valence-corrected chi connectivity index (χ0v) is 12.5. The third kappa shape index (κ3) is 2.77. The van der Waals surface area contributed by atoms with Crippen molar-refractivity contribution in [3.63, 3.8) is 0 Å². The lowest BCUT2D eigenvalue weighted by atomic mass is 9.88. The van der Waals surface area contributed by atoms with Crippen LogP contribution in [0.25, 0.3) is 10.1 Å². The lowest BCUT2D eigenvalue weighted by molar-refractivity contribution is 0.662. The number of fused-ring (bicyclic) bond motifs is 1. The molecule has 0 unspecified atom stereocenters. The van der Waals surface area contributed by atoms with E-state index in [1.165, 1.54) is 21.2 Å². The summed E-state index contributed by atoms with van der Waals surface area (Å²) in [5.41, 5.74) is 2.81. The summed E-state index contributed by atoms with van der Waals surface area (Å²) < 4.78 is 1.37. The second-order valence-corrected chi connectivity index (χ2v) is 6.02. The lowest BCUT2D eigenvalue weighted by Gasteiger charge is -2.18. The molecule has 0 aliphatic heterocycles. The average Bonchev–Trinajstić information content (AvgIpc) is 2.96. The zero-order valence-electron chi connectivity index (χ0n) is 11.7. The van der Waals surface area contributed by atoms with Crippen LogP contribution in [0.4, 0.5) is 0 Å². The molecule has 0 aliphatic carbocycles. The van der Waals surface area contributed by atoms with Gasteiger partial charge in [0.15, 0.2) is 0 Å². The van der Waals surface area contributed by atoms with Gasteiger partial charge in [-0.2, -0.15) is 0 Å². The monoisotopic (exact) mass is 281 g/mol. The number of nitrogens with one attached hydrogen (secondary N) is 1. The van der Waals surface area contributed by atoms with Gasteiger partial charge in [0.25, 0.3) is 0 Å². The van der Waals surface area contributed by atoms with E-state index in [2.05, 4.69) is 65.3 Å². The van der Waals surface area contributed by atoms with Crippen LogP contribution in [0, 0.1) is 0 Å². The van der Waals surface area contributed by atoms with Crippen molar-refractivity contribution in [2.24, 2.45) is 0 Å². The molecule has 0 bridgehead atoms. The first-order valence-electron chi connectivity index (χ1n) is 7.05. The number of rotatable bonds is 5. The SMILES string of the molecule is CNCC[C@@H](c1ccccc1)c1ccc2sccc2c1. The van der Waals surface area contributed by atoms with E-state index in [9.17, 15) is 0 Å². The zero-order chi connectivity index (χ0) is 13.8. The summed E-state index contributed by atoms with van der Waals surface area (Å²) in [4.78, 5) is 0. The fraction of sp³-hybridized carbons (Fsp3) is 0.222. The first kappa shape index (κ1) is 13.3. The third-order valence-corrected chi connectivity index (χ3v) is 4.66. The summed E-state index contributed by atoms with van der Waals surface area (Å²) in [5, 5.41) is 6.80. The Morgan fingerprint density at radius 3 is 2.65 bits per heavy atom. The van der Waals surface area contributed by atoms with Gasteiger partial charge < -0.3 is 5.32 Å². The Bertz CT molecular complexity index is 672. The summed E-state index contributed by atoms with van der Waals surface area (Å²) in [7, 11) is 2.02. The lowest BCUT2D eigenvalue weighted by Crippen LogP contribution is -2.13. The van der Waals surface area contributed by atoms with E-state index >= 15 is 0 Å². The van der Waals surface area contributed by atoms with Gasteiger partial charge in [-0.05, 0) is 60.1 Å². The smallest absolute Gasteiger partial charge is 0.0342 e. The molecule has 1 atom stereocenters. The van der Waals surface area contributed by atoms with E-state index in [-0.39, 0.29) is 0 Å². The van der Waals surface area contributed by atoms with Gasteiger partial charge in [0.2, 0.25) is 0 Å². The number of benzene rings is 2. The van der Waals surface area contributed by atoms with Crippen LogP contribution in [0.5, 0.6) is 0 Å². The van der Waals surface area contributed by atoms with Crippen molar-refractivity contribution in [1.82, 2.24) is 5.32 Å². The molecule has 0 fully saturated rings. The van der Waals surface area contributed by atoms with E-state index in [0.29, 0.717) is 5.92 Å². The minimum absolute atomic E-state index is 0.466. The number of hydrogen-bond donors (Lipinski definition) is 1. The van der Waals surface area contributed by atoms with E-state index in [1.54, 1.807) is 0 Å². The number of thiophene rings is 1. The Morgan fingerprint density at radius 2 is 1.85 bits per heavy atom. The molecule has 0 radical (unpaired) electrons. The highest BCUT2D eigenvalue weighted by Crippen LogP contribution is 2.31. The van der Waals surface area contributed by atoms with Gasteiger partial charge in [-0.3, -0.25) is 0 Å². The summed E-state index contributed by atoms with van der Waals surface area (Å²) >= 11 is 1.81. The van der Waals surface area contributed by atoms with E-state index in [4.69, 9.17) is 0 Å². The molecular formula is C18H19NS. The largest absolute Gasteiger partial charge is 0.320 e. The van der Waals surface area contributed by atoms with Crippen LogP contribution in [-0.4, -0.2) is 13.6 Å². The van der Waals surface area contributed by atoms with Crippen molar-refractivity contribution in [2.45, 2.75) is 12.3 Å². The molecule has 0 saturated heterocycles. The van der Waals surface area contributed by atoms with Crippen LogP contribution in [-0.2, 0) is 0 Å². The average molecular weight is 281 g/mol. The fourth-order valence-corrected chi connectivity index (χ4v) is 3.47. The summed E-state index contributed by atoms with van der Waals surface area (Å²) in [6.45, 7) is 1.03. The van der Waals surface area contributed by atoms with Crippen LogP contribution >= 0.6 is 11.3 Å². The normalized spacial score (nSPS) is 12.7. The van der Waals surface area contributed by atoms with Gasteiger partial charge in [0.1, 0.15) is 0 Å². The van der Waals surface area contributed by atoms with Crippen LogP contribution in [0.2, 0.25) is 0 Å². The van der Waals surface area contributed by atoms with Crippen molar-refractivity contribution < 1.29 is 0 Å². The molecule has 2 heteroatoms. The highest BCUT2D eigenvalue weighted by molar-refractivity contribution is 7.17. The summed E-state index contributed by atoms with van der Waals surface area (Å²) in [6.07, 6.45) is 1.12. The van der Waals surface area contributed by atoms with Gasteiger partial charge in [0.05, 0.1) is 0 Å². The minimum Gasteiger partial charge on any atom is -0.320 e. The highest BCUT2D eigenvalue weighted by Gasteiger charge is 2.14. The van der Waals surface area contributed by atoms with Gasteiger partial charge >= 0.3 is 0 Å². The topological polar surface area (TPSA) is 12.0 Å². The molecule has 0 amide bonds. The Balaban J connectivity index is 1.99. The minimum atomic E-state index is 0.466. The van der Waals surface area contributed by atoms with Crippen LogP contribution in [0.3, 0.4) is 0 Å². The van der Waals surface area contributed by atoms with Crippen molar-refractivity contribution in [3.8, 4) is 0 Å². The maximum atomic E-state index is 3.27. The Hall–Kier alpha value is -1.64. The van der Waals surface area contributed by atoms with Crippen LogP contribution in [0.1, 0.15) is 23.5 Å². The van der Waals surface area contributed by atoms with Crippen molar-refractivity contribution in [2.75, 3.05) is 13.6 Å². The molecule has 3 rings (SSSR count). The second kappa shape index (κ2) is 6.21. The maximum Gasteiger partial charge on any atom is 0.0342 e. The van der Waals surface area contributed by atoms with Gasteiger partial charge in [0, 0.05) is 10.6 Å². The molecule has 0 aliphatic rings. The third-order valence-electron chi connectivity index (χ3n) is 3.76. The molecular weight excluding hydrogens is 262 g/mol. The Labute approximate surface area is 124 Å². The highest BCUT2D eigenvalue weighted by atomic mass is 32.1. The standard InChI is InChI=1S/C18H19NS/c1-19-11-9-17(14-5-3-2-4-6-14)15-7-8-18-16(13-15)10-12-20-18/h2-8,10,12-13,17,19H,9,11H2,1H3/t17-/m0/s1. The van der Waals surface area contributed by atoms with Gasteiger partial charge in [-0.1, -0.05) is 36.4 Å². The van der Waals surface area contributed by atoms with Crippen molar-refractivity contribution in [3.05, 3.63) is 71.1 Å². The Morgan fingerprint density at radius 1 is 1.00 bits per heavy atom. The molecule has 1 heterocycles. The predicted molar refractivity (Wildman–Crippen MR) is 88.7 cm³/mol. The van der Waals surface area contributed by atoms with E-state index in [0.717, 1.165) is 13.0 Å². The van der Waals surface area contributed by atoms with E-state index in [1.807, 2.05) is 18.4 Å². The fourth-order valence-electron chi connectivity index (χ4n) is 2.70. The van der Waals surface area contributed by atoms with Crippen molar-refractivity contribution in [1.29, 1.82) is 0 Å². The van der Waals surface area contributed by atoms with Crippen molar-refractivity contribution >= 4 is 21.4 Å². The number of hydrogen-bond acceptors (Lipinski definition) is 2. The molecule has 1 aromatic heterocycles. The molecule has 1 nitrogen and oxygen atoms in total. The van der Waals surface area contributed by atoms with Crippen LogP contribution in [0.15, 0.2) is 60.0 Å². The molecule has 0 saturated carbocycles. The molecule has 20 heavy (non-hydrogen) atoms. The van der Waals surface area contributed by atoms with Gasteiger partial charge in [-0.25, -0.2) is 0 Å². The first-order chi connectivity index (χ1) is 9.88. The quantitative estimate of drug-likeness (QED) is 0.718. The molecule has 102 valence electrons. The summed E-state index contributed by atoms with van der Waals surface area (Å²) in [6, 6.07) is 19.9. The van der Waals surface area contributed by atoms with Gasteiger partial charge in [-0.15, -0.1) is 11.3 Å².